The SMILES string of the molecule is Cc1cc(-c2ccccc2)nc(SC/C(O)=C(\C#N)c2nnc3n2CCCCC3)n1. The third-order valence-electron chi connectivity index (χ3n) is 4.97. The first kappa shape index (κ1) is 20.1. The summed E-state index contributed by atoms with van der Waals surface area (Å²) in [4.78, 5) is 9.07. The van der Waals surface area contributed by atoms with E-state index in [9.17, 15) is 10.4 Å². The lowest BCUT2D eigenvalue weighted by molar-refractivity contribution is 0.420. The largest absolute Gasteiger partial charge is 0.510 e. The van der Waals surface area contributed by atoms with Gasteiger partial charge in [-0.25, -0.2) is 9.97 Å². The van der Waals surface area contributed by atoms with Gasteiger partial charge in [0, 0.05) is 24.2 Å². The normalized spacial score (nSPS) is 14.4. The zero-order chi connectivity index (χ0) is 20.9. The summed E-state index contributed by atoms with van der Waals surface area (Å²) in [5.74, 6) is 1.48. The van der Waals surface area contributed by atoms with E-state index in [2.05, 4.69) is 26.2 Å². The van der Waals surface area contributed by atoms with E-state index in [1.807, 2.05) is 47.9 Å². The zero-order valence-corrected chi connectivity index (χ0v) is 17.6. The van der Waals surface area contributed by atoms with Crippen LogP contribution in [0.2, 0.25) is 0 Å². The molecule has 1 aliphatic heterocycles. The quantitative estimate of drug-likeness (QED) is 0.284. The molecule has 0 spiro atoms. The van der Waals surface area contributed by atoms with Gasteiger partial charge in [-0.05, 0) is 25.8 Å². The van der Waals surface area contributed by atoms with E-state index in [1.165, 1.54) is 11.8 Å². The van der Waals surface area contributed by atoms with E-state index in [0.717, 1.165) is 55.0 Å². The van der Waals surface area contributed by atoms with E-state index < -0.39 is 0 Å². The number of aliphatic hydroxyl groups excluding tert-OH is 1. The van der Waals surface area contributed by atoms with Gasteiger partial charge in [0.15, 0.2) is 11.0 Å². The fourth-order valence-electron chi connectivity index (χ4n) is 3.48. The van der Waals surface area contributed by atoms with Crippen LogP contribution in [0.25, 0.3) is 16.8 Å². The molecule has 3 heterocycles. The van der Waals surface area contributed by atoms with Crippen LogP contribution in [0.15, 0.2) is 47.3 Å². The molecule has 1 aromatic carbocycles. The first-order valence-corrected chi connectivity index (χ1v) is 10.9. The van der Waals surface area contributed by atoms with Crippen LogP contribution in [0.5, 0.6) is 0 Å². The van der Waals surface area contributed by atoms with Gasteiger partial charge in [-0.15, -0.1) is 10.2 Å². The summed E-state index contributed by atoms with van der Waals surface area (Å²) >= 11 is 1.30. The van der Waals surface area contributed by atoms with Crippen LogP contribution in [0.3, 0.4) is 0 Å². The van der Waals surface area contributed by atoms with Crippen LogP contribution in [-0.2, 0) is 13.0 Å². The van der Waals surface area contributed by atoms with Gasteiger partial charge in [-0.1, -0.05) is 48.5 Å². The highest BCUT2D eigenvalue weighted by Crippen LogP contribution is 2.26. The molecule has 0 bridgehead atoms. The molecule has 8 heteroatoms. The van der Waals surface area contributed by atoms with Crippen molar-refractivity contribution < 1.29 is 5.11 Å². The number of rotatable bonds is 5. The van der Waals surface area contributed by atoms with Crippen molar-refractivity contribution in [3.8, 4) is 17.3 Å². The molecule has 0 unspecified atom stereocenters. The molecule has 0 saturated carbocycles. The molecule has 1 N–H and O–H groups in total. The summed E-state index contributed by atoms with van der Waals surface area (Å²) in [7, 11) is 0. The number of aryl methyl sites for hydroxylation is 2. The van der Waals surface area contributed by atoms with Crippen LogP contribution < -0.4 is 0 Å². The summed E-state index contributed by atoms with van der Waals surface area (Å²) < 4.78 is 1.96. The number of aliphatic hydroxyl groups is 1. The highest BCUT2D eigenvalue weighted by molar-refractivity contribution is 7.99. The standard InChI is InChI=1S/C22H22N6OS/c1-15-12-18(16-8-4-2-5-9-16)25-22(24-15)30-14-19(29)17(13-23)21-27-26-20-10-6-3-7-11-28(20)21/h2,4-5,8-9,12,29H,3,6-7,10-11,14H2,1H3/b19-17-. The summed E-state index contributed by atoms with van der Waals surface area (Å²) in [5, 5.41) is 29.3. The Morgan fingerprint density at radius 1 is 1.17 bits per heavy atom. The zero-order valence-electron chi connectivity index (χ0n) is 16.7. The molecular weight excluding hydrogens is 396 g/mol. The monoisotopic (exact) mass is 418 g/mol. The van der Waals surface area contributed by atoms with Gasteiger partial charge in [-0.2, -0.15) is 5.26 Å². The Hall–Kier alpha value is -3.18. The highest BCUT2D eigenvalue weighted by Gasteiger charge is 2.21. The molecule has 0 atom stereocenters. The van der Waals surface area contributed by atoms with E-state index >= 15 is 0 Å². The minimum absolute atomic E-state index is 0.0340. The topological polar surface area (TPSA) is 101 Å². The second-order valence-corrected chi connectivity index (χ2v) is 8.11. The van der Waals surface area contributed by atoms with Crippen molar-refractivity contribution >= 4 is 17.3 Å². The van der Waals surface area contributed by atoms with E-state index in [0.29, 0.717) is 11.0 Å². The van der Waals surface area contributed by atoms with Gasteiger partial charge in [0.2, 0.25) is 0 Å². The number of nitrogens with zero attached hydrogens (tertiary/aromatic N) is 6. The van der Waals surface area contributed by atoms with Crippen molar-refractivity contribution in [2.24, 2.45) is 0 Å². The van der Waals surface area contributed by atoms with E-state index in [1.54, 1.807) is 0 Å². The number of aromatic nitrogens is 5. The first-order valence-electron chi connectivity index (χ1n) is 9.94. The Morgan fingerprint density at radius 3 is 2.80 bits per heavy atom. The second kappa shape index (κ2) is 9.09. The number of thioether (sulfide) groups is 1. The maximum absolute atomic E-state index is 10.7. The fourth-order valence-corrected chi connectivity index (χ4v) is 4.26. The molecule has 4 rings (SSSR count). The summed E-state index contributed by atoms with van der Waals surface area (Å²) in [6.07, 6.45) is 4.07. The van der Waals surface area contributed by atoms with Crippen LogP contribution in [0, 0.1) is 18.3 Å². The average Bonchev–Trinajstić information content (AvgIpc) is 3.00. The molecule has 7 nitrogen and oxygen atoms in total. The van der Waals surface area contributed by atoms with Gasteiger partial charge >= 0.3 is 0 Å². The van der Waals surface area contributed by atoms with Crippen LogP contribution in [-0.4, -0.2) is 35.6 Å². The molecule has 0 fully saturated rings. The number of benzene rings is 1. The maximum atomic E-state index is 10.7. The van der Waals surface area contributed by atoms with Gasteiger partial charge < -0.3 is 9.67 Å². The average molecular weight is 419 g/mol. The number of hydrogen-bond donors (Lipinski definition) is 1. The fraction of sp³-hybridized carbons (Fsp3) is 0.318. The lowest BCUT2D eigenvalue weighted by atomic mass is 10.1. The van der Waals surface area contributed by atoms with Crippen molar-refractivity contribution in [3.63, 3.8) is 0 Å². The predicted octanol–water partition coefficient (Wildman–Crippen LogP) is 4.35. The number of nitriles is 1. The Balaban J connectivity index is 1.57. The summed E-state index contributed by atoms with van der Waals surface area (Å²) in [5.41, 5.74) is 2.85. The van der Waals surface area contributed by atoms with Crippen LogP contribution >= 0.6 is 11.8 Å². The minimum Gasteiger partial charge on any atom is -0.510 e. The molecule has 0 saturated heterocycles. The lowest BCUT2D eigenvalue weighted by Gasteiger charge is -2.08. The van der Waals surface area contributed by atoms with Crippen molar-refractivity contribution in [1.29, 1.82) is 5.26 Å². The lowest BCUT2D eigenvalue weighted by Crippen LogP contribution is -2.07. The van der Waals surface area contributed by atoms with Gasteiger partial charge in [-0.3, -0.25) is 0 Å². The third-order valence-corrected chi connectivity index (χ3v) is 5.83. The molecule has 2 aromatic heterocycles. The van der Waals surface area contributed by atoms with E-state index in [-0.39, 0.29) is 17.1 Å². The molecule has 0 aliphatic carbocycles. The van der Waals surface area contributed by atoms with Crippen molar-refractivity contribution in [2.45, 2.75) is 44.3 Å². The minimum atomic E-state index is -0.0340. The van der Waals surface area contributed by atoms with Crippen LogP contribution in [0.4, 0.5) is 0 Å². The van der Waals surface area contributed by atoms with Gasteiger partial charge in [0.1, 0.15) is 23.2 Å². The molecule has 0 radical (unpaired) electrons. The van der Waals surface area contributed by atoms with Gasteiger partial charge in [0.05, 0.1) is 11.4 Å². The molecule has 1 aliphatic rings. The molecule has 3 aromatic rings. The van der Waals surface area contributed by atoms with E-state index in [4.69, 9.17) is 0 Å². The molecule has 30 heavy (non-hydrogen) atoms. The van der Waals surface area contributed by atoms with Crippen LogP contribution in [0.1, 0.15) is 36.6 Å². The van der Waals surface area contributed by atoms with Crippen molar-refractivity contribution in [1.82, 2.24) is 24.7 Å². The molecule has 152 valence electrons. The van der Waals surface area contributed by atoms with Crippen molar-refractivity contribution in [3.05, 3.63) is 59.5 Å². The predicted molar refractivity (Wildman–Crippen MR) is 116 cm³/mol. The highest BCUT2D eigenvalue weighted by atomic mass is 32.2. The Bertz CT molecular complexity index is 1120. The molecular formula is C22H22N6OS. The summed E-state index contributed by atoms with van der Waals surface area (Å²) in [6, 6.07) is 13.9. The second-order valence-electron chi connectivity index (χ2n) is 7.17. The first-order chi connectivity index (χ1) is 14.7. The Kier molecular flexibility index (Phi) is 6.10. The maximum Gasteiger partial charge on any atom is 0.188 e. The molecule has 0 amide bonds. The smallest absolute Gasteiger partial charge is 0.188 e. The van der Waals surface area contributed by atoms with Crippen molar-refractivity contribution in [2.75, 3.05) is 5.75 Å². The Morgan fingerprint density at radius 2 is 2.00 bits per heavy atom. The Labute approximate surface area is 179 Å². The number of allylic oxidation sites excluding steroid dienone is 1. The number of hydrogen-bond acceptors (Lipinski definition) is 7. The van der Waals surface area contributed by atoms with Gasteiger partial charge in [0.25, 0.3) is 0 Å². The summed E-state index contributed by atoms with van der Waals surface area (Å²) in [6.45, 7) is 2.69. The number of fused-ring (bicyclic) bond motifs is 1. The third kappa shape index (κ3) is 4.36.